The number of hydrogen-bond acceptors (Lipinski definition) is 5. The molecule has 1 unspecified atom stereocenters. The summed E-state index contributed by atoms with van der Waals surface area (Å²) in [5.41, 5.74) is 0. The molecule has 0 aliphatic carbocycles. The lowest BCUT2D eigenvalue weighted by molar-refractivity contribution is 0.176. The first-order chi connectivity index (χ1) is 9.25. The summed E-state index contributed by atoms with van der Waals surface area (Å²) in [5, 5.41) is 9.22. The van der Waals surface area contributed by atoms with Crippen LogP contribution in [0.4, 0.5) is 5.95 Å². The summed E-state index contributed by atoms with van der Waals surface area (Å²) < 4.78 is 0. The van der Waals surface area contributed by atoms with E-state index in [1.54, 1.807) is 12.4 Å². The molecule has 2 heterocycles. The first-order valence-corrected chi connectivity index (χ1v) is 7.18. The van der Waals surface area contributed by atoms with E-state index >= 15 is 0 Å². The van der Waals surface area contributed by atoms with Crippen molar-refractivity contribution >= 4 is 5.95 Å². The van der Waals surface area contributed by atoms with Gasteiger partial charge >= 0.3 is 0 Å². The van der Waals surface area contributed by atoms with E-state index in [0.29, 0.717) is 0 Å². The Morgan fingerprint density at radius 2 is 1.84 bits per heavy atom. The number of aliphatic hydroxyl groups is 1. The molecule has 0 spiro atoms. The highest BCUT2D eigenvalue weighted by Gasteiger charge is 2.17. The molecule has 1 N–H and O–H groups in total. The third-order valence-electron chi connectivity index (χ3n) is 3.55. The van der Waals surface area contributed by atoms with Crippen molar-refractivity contribution in [1.29, 1.82) is 0 Å². The van der Waals surface area contributed by atoms with Crippen molar-refractivity contribution in [3.8, 4) is 0 Å². The van der Waals surface area contributed by atoms with Crippen LogP contribution in [0.3, 0.4) is 0 Å². The van der Waals surface area contributed by atoms with Crippen LogP contribution in [0.2, 0.25) is 0 Å². The van der Waals surface area contributed by atoms with Crippen molar-refractivity contribution < 1.29 is 5.11 Å². The van der Waals surface area contributed by atoms with Crippen LogP contribution in [0.5, 0.6) is 0 Å². The van der Waals surface area contributed by atoms with Crippen LogP contribution in [-0.2, 0) is 0 Å². The molecule has 0 amide bonds. The molecule has 1 aliphatic heterocycles. The van der Waals surface area contributed by atoms with Crippen LogP contribution < -0.4 is 4.90 Å². The maximum Gasteiger partial charge on any atom is 0.225 e. The quantitative estimate of drug-likeness (QED) is 0.781. The van der Waals surface area contributed by atoms with E-state index in [-0.39, 0.29) is 6.10 Å². The molecule has 2 rings (SSSR count). The molecule has 106 valence electrons. The number of nitrogens with zero attached hydrogens (tertiary/aromatic N) is 4. The summed E-state index contributed by atoms with van der Waals surface area (Å²) >= 11 is 0. The molecule has 19 heavy (non-hydrogen) atoms. The Labute approximate surface area is 115 Å². The second-order valence-corrected chi connectivity index (χ2v) is 5.22. The number of hydrogen-bond donors (Lipinski definition) is 1. The zero-order chi connectivity index (χ0) is 13.5. The summed E-state index contributed by atoms with van der Waals surface area (Å²) in [6.07, 6.45) is 6.63. The molecule has 0 aromatic carbocycles. The molecule has 5 heteroatoms. The average molecular weight is 264 g/mol. The molecule has 1 aromatic heterocycles. The van der Waals surface area contributed by atoms with E-state index in [2.05, 4.69) is 19.8 Å². The van der Waals surface area contributed by atoms with Crippen molar-refractivity contribution in [3.63, 3.8) is 0 Å². The van der Waals surface area contributed by atoms with Crippen LogP contribution >= 0.6 is 0 Å². The van der Waals surface area contributed by atoms with E-state index < -0.39 is 0 Å². The highest BCUT2D eigenvalue weighted by molar-refractivity contribution is 5.29. The molecular formula is C14H24N4O. The van der Waals surface area contributed by atoms with Crippen LogP contribution in [0, 0.1) is 0 Å². The van der Waals surface area contributed by atoms with E-state index in [0.717, 1.165) is 51.5 Å². The summed E-state index contributed by atoms with van der Waals surface area (Å²) in [6.45, 7) is 7.15. The average Bonchev–Trinajstić information content (AvgIpc) is 2.45. The van der Waals surface area contributed by atoms with Gasteiger partial charge in [0, 0.05) is 38.6 Å². The Hall–Kier alpha value is -1.20. The minimum Gasteiger partial charge on any atom is -0.393 e. The molecule has 1 fully saturated rings. The third-order valence-corrected chi connectivity index (χ3v) is 3.55. The van der Waals surface area contributed by atoms with Crippen LogP contribution in [0.1, 0.15) is 26.2 Å². The maximum atomic E-state index is 9.22. The number of piperazine rings is 1. The SMILES string of the molecule is CC(O)CCCCN1CCN(c2ncccn2)CC1. The standard InChI is InChI=1S/C14H24N4O/c1-13(19)5-2-3-8-17-9-11-18(12-10-17)14-15-6-4-7-16-14/h4,6-7,13,19H,2-3,5,8-12H2,1H3. The number of aromatic nitrogens is 2. The first kappa shape index (κ1) is 14.2. The normalized spacial score (nSPS) is 18.5. The van der Waals surface area contributed by atoms with Gasteiger partial charge in [-0.25, -0.2) is 9.97 Å². The lowest BCUT2D eigenvalue weighted by Gasteiger charge is -2.34. The molecule has 0 radical (unpaired) electrons. The molecule has 1 aliphatic rings. The Bertz CT molecular complexity index is 350. The van der Waals surface area contributed by atoms with Gasteiger partial charge in [-0.15, -0.1) is 0 Å². The largest absolute Gasteiger partial charge is 0.393 e. The van der Waals surface area contributed by atoms with Crippen molar-refractivity contribution in [2.24, 2.45) is 0 Å². The fourth-order valence-electron chi connectivity index (χ4n) is 2.40. The maximum absolute atomic E-state index is 9.22. The Kier molecular flexibility index (Phi) is 5.54. The lowest BCUT2D eigenvalue weighted by atomic mass is 10.1. The summed E-state index contributed by atoms with van der Waals surface area (Å²) in [4.78, 5) is 13.3. The minimum atomic E-state index is -0.160. The van der Waals surface area contributed by atoms with Gasteiger partial charge in [-0.2, -0.15) is 0 Å². The highest BCUT2D eigenvalue weighted by Crippen LogP contribution is 2.10. The van der Waals surface area contributed by atoms with E-state index in [1.165, 1.54) is 6.42 Å². The smallest absolute Gasteiger partial charge is 0.225 e. The summed E-state index contributed by atoms with van der Waals surface area (Å²) in [7, 11) is 0. The van der Waals surface area contributed by atoms with Gasteiger partial charge in [-0.1, -0.05) is 0 Å². The molecule has 1 saturated heterocycles. The Balaban J connectivity index is 1.65. The van der Waals surface area contributed by atoms with Crippen molar-refractivity contribution in [1.82, 2.24) is 14.9 Å². The van der Waals surface area contributed by atoms with Gasteiger partial charge in [0.15, 0.2) is 0 Å². The van der Waals surface area contributed by atoms with E-state index in [4.69, 9.17) is 0 Å². The molecule has 0 bridgehead atoms. The van der Waals surface area contributed by atoms with E-state index in [9.17, 15) is 5.11 Å². The topological polar surface area (TPSA) is 52.5 Å². The summed E-state index contributed by atoms with van der Waals surface area (Å²) in [6, 6.07) is 1.85. The molecular weight excluding hydrogens is 240 g/mol. The van der Waals surface area contributed by atoms with Gasteiger partial charge in [0.1, 0.15) is 0 Å². The van der Waals surface area contributed by atoms with Gasteiger partial charge in [-0.3, -0.25) is 4.90 Å². The van der Waals surface area contributed by atoms with Gasteiger partial charge in [-0.05, 0) is 38.8 Å². The van der Waals surface area contributed by atoms with Crippen LogP contribution in [0.15, 0.2) is 18.5 Å². The van der Waals surface area contributed by atoms with Crippen LogP contribution in [0.25, 0.3) is 0 Å². The molecule has 0 saturated carbocycles. The van der Waals surface area contributed by atoms with Gasteiger partial charge in [0.05, 0.1) is 6.10 Å². The number of aliphatic hydroxyl groups excluding tert-OH is 1. The monoisotopic (exact) mass is 264 g/mol. The molecule has 5 nitrogen and oxygen atoms in total. The van der Waals surface area contributed by atoms with Gasteiger partial charge < -0.3 is 10.0 Å². The zero-order valence-electron chi connectivity index (χ0n) is 11.7. The third kappa shape index (κ3) is 4.76. The fraction of sp³-hybridized carbons (Fsp3) is 0.714. The molecule has 1 atom stereocenters. The predicted octanol–water partition coefficient (Wildman–Crippen LogP) is 1.15. The van der Waals surface area contributed by atoms with E-state index in [1.807, 2.05) is 13.0 Å². The number of rotatable bonds is 6. The fourth-order valence-corrected chi connectivity index (χ4v) is 2.40. The minimum absolute atomic E-state index is 0.160. The van der Waals surface area contributed by atoms with Gasteiger partial charge in [0.25, 0.3) is 0 Å². The Morgan fingerprint density at radius 1 is 1.16 bits per heavy atom. The zero-order valence-corrected chi connectivity index (χ0v) is 11.7. The first-order valence-electron chi connectivity index (χ1n) is 7.18. The predicted molar refractivity (Wildman–Crippen MR) is 76.2 cm³/mol. The van der Waals surface area contributed by atoms with Crippen LogP contribution in [-0.4, -0.2) is 58.8 Å². The summed E-state index contributed by atoms with van der Waals surface area (Å²) in [5.74, 6) is 0.844. The van der Waals surface area contributed by atoms with Crippen molar-refractivity contribution in [2.75, 3.05) is 37.6 Å². The van der Waals surface area contributed by atoms with Crippen molar-refractivity contribution in [3.05, 3.63) is 18.5 Å². The molecule has 1 aromatic rings. The Morgan fingerprint density at radius 3 is 2.47 bits per heavy atom. The number of anilines is 1. The second-order valence-electron chi connectivity index (χ2n) is 5.22. The second kappa shape index (κ2) is 7.40. The highest BCUT2D eigenvalue weighted by atomic mass is 16.3. The van der Waals surface area contributed by atoms with Gasteiger partial charge in [0.2, 0.25) is 5.95 Å². The number of unbranched alkanes of at least 4 members (excludes halogenated alkanes) is 1. The van der Waals surface area contributed by atoms with Crippen molar-refractivity contribution in [2.45, 2.75) is 32.3 Å². The lowest BCUT2D eigenvalue weighted by Crippen LogP contribution is -2.47.